The number of hydrogen-bond acceptors (Lipinski definition) is 3. The van der Waals surface area contributed by atoms with Gasteiger partial charge in [0, 0.05) is 18.7 Å². The van der Waals surface area contributed by atoms with Crippen LogP contribution in [0.15, 0.2) is 42.5 Å². The Morgan fingerprint density at radius 1 is 1.04 bits per heavy atom. The Labute approximate surface area is 161 Å². The fourth-order valence-corrected chi connectivity index (χ4v) is 3.23. The van der Waals surface area contributed by atoms with Crippen LogP contribution in [0.5, 0.6) is 5.75 Å². The van der Waals surface area contributed by atoms with Gasteiger partial charge in [0.25, 0.3) is 0 Å². The number of hydrogen-bond donors (Lipinski definition) is 0. The molecule has 2 aromatic carbocycles. The molecule has 4 heteroatoms. The Bertz CT molecular complexity index is 862. The zero-order valence-corrected chi connectivity index (χ0v) is 16.7. The van der Waals surface area contributed by atoms with Crippen LogP contribution in [0.1, 0.15) is 43.9 Å². The van der Waals surface area contributed by atoms with E-state index in [-0.39, 0.29) is 23.7 Å². The molecule has 0 aromatic heterocycles. The van der Waals surface area contributed by atoms with Crippen molar-refractivity contribution >= 4 is 17.6 Å². The van der Waals surface area contributed by atoms with E-state index in [9.17, 15) is 9.59 Å². The lowest BCUT2D eigenvalue weighted by Gasteiger charge is -2.19. The van der Waals surface area contributed by atoms with Crippen LogP contribution in [-0.2, 0) is 15.0 Å². The lowest BCUT2D eigenvalue weighted by Crippen LogP contribution is -2.27. The van der Waals surface area contributed by atoms with Crippen molar-refractivity contribution in [1.82, 2.24) is 0 Å². The van der Waals surface area contributed by atoms with E-state index in [4.69, 9.17) is 4.74 Å². The molecule has 0 radical (unpaired) electrons. The zero-order chi connectivity index (χ0) is 19.8. The molecule has 142 valence electrons. The minimum atomic E-state index is -0.443. The Morgan fingerprint density at radius 3 is 2.30 bits per heavy atom. The number of carbonyl (C=O) groups excluding carboxylic acids is 2. The van der Waals surface area contributed by atoms with Crippen molar-refractivity contribution in [3.8, 4) is 5.75 Å². The Kier molecular flexibility index (Phi) is 5.09. The van der Waals surface area contributed by atoms with Crippen molar-refractivity contribution in [1.29, 1.82) is 0 Å². The summed E-state index contributed by atoms with van der Waals surface area (Å²) in [6.45, 7) is 10.8. The molecule has 1 aliphatic rings. The van der Waals surface area contributed by atoms with Crippen molar-refractivity contribution in [3.63, 3.8) is 0 Å². The van der Waals surface area contributed by atoms with Crippen LogP contribution >= 0.6 is 0 Å². The number of aryl methyl sites for hydroxylation is 2. The number of benzene rings is 2. The second kappa shape index (κ2) is 7.18. The van der Waals surface area contributed by atoms with Gasteiger partial charge in [-0.2, -0.15) is 0 Å². The second-order valence-electron chi connectivity index (χ2n) is 8.37. The minimum Gasteiger partial charge on any atom is -0.426 e. The highest BCUT2D eigenvalue weighted by molar-refractivity contribution is 5.99. The smallest absolute Gasteiger partial charge is 0.316 e. The van der Waals surface area contributed by atoms with Crippen LogP contribution < -0.4 is 9.64 Å². The third kappa shape index (κ3) is 4.21. The van der Waals surface area contributed by atoms with Crippen LogP contribution in [0.25, 0.3) is 0 Å². The highest BCUT2D eigenvalue weighted by Crippen LogP contribution is 2.29. The minimum absolute atomic E-state index is 0.0386. The molecule has 1 saturated heterocycles. The first-order valence-corrected chi connectivity index (χ1v) is 9.35. The molecule has 1 heterocycles. The first-order valence-electron chi connectivity index (χ1n) is 9.35. The lowest BCUT2D eigenvalue weighted by atomic mass is 9.87. The summed E-state index contributed by atoms with van der Waals surface area (Å²) in [5, 5.41) is 0. The molecule has 1 aliphatic heterocycles. The van der Waals surface area contributed by atoms with Crippen molar-refractivity contribution in [2.24, 2.45) is 5.92 Å². The van der Waals surface area contributed by atoms with Crippen LogP contribution in [0, 0.1) is 19.8 Å². The maximum Gasteiger partial charge on any atom is 0.316 e. The summed E-state index contributed by atoms with van der Waals surface area (Å²) in [4.78, 5) is 26.6. The van der Waals surface area contributed by atoms with Gasteiger partial charge in [0.2, 0.25) is 5.91 Å². The molecule has 4 nitrogen and oxygen atoms in total. The molecule has 0 bridgehead atoms. The highest BCUT2D eigenvalue weighted by Gasteiger charge is 2.36. The average Bonchev–Trinajstić information content (AvgIpc) is 2.99. The molecule has 27 heavy (non-hydrogen) atoms. The van der Waals surface area contributed by atoms with E-state index in [0.29, 0.717) is 12.3 Å². The summed E-state index contributed by atoms with van der Waals surface area (Å²) < 4.78 is 5.52. The first kappa shape index (κ1) is 19.2. The predicted octanol–water partition coefficient (Wildman–Crippen LogP) is 4.56. The first-order chi connectivity index (χ1) is 12.6. The van der Waals surface area contributed by atoms with Crippen molar-refractivity contribution in [3.05, 3.63) is 59.2 Å². The summed E-state index contributed by atoms with van der Waals surface area (Å²) in [6.07, 6.45) is 0.186. The summed E-state index contributed by atoms with van der Waals surface area (Å²) in [5.74, 6) is -0.312. The third-order valence-electron chi connectivity index (χ3n) is 5.20. The summed E-state index contributed by atoms with van der Waals surface area (Å²) >= 11 is 0. The van der Waals surface area contributed by atoms with Crippen LogP contribution in [0.3, 0.4) is 0 Å². The molecule has 2 aromatic rings. The van der Waals surface area contributed by atoms with E-state index in [0.717, 1.165) is 11.3 Å². The normalized spacial score (nSPS) is 17.3. The Balaban J connectivity index is 1.67. The van der Waals surface area contributed by atoms with Crippen molar-refractivity contribution in [2.75, 3.05) is 11.4 Å². The van der Waals surface area contributed by atoms with Gasteiger partial charge in [-0.15, -0.1) is 0 Å². The van der Waals surface area contributed by atoms with E-state index in [1.807, 2.05) is 56.3 Å². The highest BCUT2D eigenvalue weighted by atomic mass is 16.5. The van der Waals surface area contributed by atoms with E-state index >= 15 is 0 Å². The Morgan fingerprint density at radius 2 is 1.70 bits per heavy atom. The number of anilines is 1. The van der Waals surface area contributed by atoms with Gasteiger partial charge in [-0.3, -0.25) is 9.59 Å². The number of nitrogens with zero attached hydrogens (tertiary/aromatic N) is 1. The van der Waals surface area contributed by atoms with Gasteiger partial charge in [0.1, 0.15) is 5.75 Å². The molecule has 1 atom stereocenters. The summed E-state index contributed by atoms with van der Waals surface area (Å²) in [5.41, 5.74) is 4.38. The standard InChI is InChI=1S/C23H27NO3/c1-15-6-9-19(12-16(15)2)24-14-17(13-21(24)25)22(26)27-20-10-7-18(8-11-20)23(3,4)5/h6-12,17H,13-14H2,1-5H3/t17-/m0/s1. The van der Waals surface area contributed by atoms with E-state index < -0.39 is 5.92 Å². The lowest BCUT2D eigenvalue weighted by molar-refractivity contribution is -0.139. The fraction of sp³-hybridized carbons (Fsp3) is 0.391. The number of rotatable bonds is 3. The number of esters is 1. The monoisotopic (exact) mass is 365 g/mol. The van der Waals surface area contributed by atoms with E-state index in [1.54, 1.807) is 4.90 Å². The van der Waals surface area contributed by atoms with Crippen molar-refractivity contribution in [2.45, 2.75) is 46.5 Å². The fourth-order valence-electron chi connectivity index (χ4n) is 3.23. The van der Waals surface area contributed by atoms with Gasteiger partial charge in [-0.25, -0.2) is 0 Å². The van der Waals surface area contributed by atoms with Crippen LogP contribution in [-0.4, -0.2) is 18.4 Å². The number of ether oxygens (including phenoxy) is 1. The molecular formula is C23H27NO3. The van der Waals surface area contributed by atoms with Gasteiger partial charge >= 0.3 is 5.97 Å². The van der Waals surface area contributed by atoms with Gasteiger partial charge in [0.15, 0.2) is 0 Å². The van der Waals surface area contributed by atoms with Gasteiger partial charge in [0.05, 0.1) is 5.92 Å². The quantitative estimate of drug-likeness (QED) is 0.592. The second-order valence-corrected chi connectivity index (χ2v) is 8.37. The largest absolute Gasteiger partial charge is 0.426 e. The molecule has 1 amide bonds. The molecule has 3 rings (SSSR count). The zero-order valence-electron chi connectivity index (χ0n) is 16.7. The Hall–Kier alpha value is -2.62. The maximum absolute atomic E-state index is 12.5. The maximum atomic E-state index is 12.5. The molecular weight excluding hydrogens is 338 g/mol. The van der Waals surface area contributed by atoms with E-state index in [1.165, 1.54) is 11.1 Å². The SMILES string of the molecule is Cc1ccc(N2C[C@@H](C(=O)Oc3ccc(C(C)(C)C)cc3)CC2=O)cc1C. The van der Waals surface area contributed by atoms with Crippen LogP contribution in [0.2, 0.25) is 0 Å². The van der Waals surface area contributed by atoms with E-state index in [2.05, 4.69) is 20.8 Å². The predicted molar refractivity (Wildman–Crippen MR) is 107 cm³/mol. The molecule has 1 fully saturated rings. The van der Waals surface area contributed by atoms with Gasteiger partial charge < -0.3 is 9.64 Å². The number of amides is 1. The molecule has 0 N–H and O–H groups in total. The molecule has 0 unspecified atom stereocenters. The molecule has 0 spiro atoms. The van der Waals surface area contributed by atoms with Crippen LogP contribution in [0.4, 0.5) is 5.69 Å². The van der Waals surface area contributed by atoms with Gasteiger partial charge in [-0.1, -0.05) is 39.0 Å². The van der Waals surface area contributed by atoms with Gasteiger partial charge in [-0.05, 0) is 60.2 Å². The summed E-state index contributed by atoms with van der Waals surface area (Å²) in [7, 11) is 0. The molecule has 0 saturated carbocycles. The third-order valence-corrected chi connectivity index (χ3v) is 5.20. The average molecular weight is 365 g/mol. The summed E-state index contributed by atoms with van der Waals surface area (Å²) in [6, 6.07) is 13.5. The topological polar surface area (TPSA) is 46.6 Å². The van der Waals surface area contributed by atoms with Crippen molar-refractivity contribution < 1.29 is 14.3 Å². The molecule has 0 aliphatic carbocycles. The number of carbonyl (C=O) groups is 2.